The summed E-state index contributed by atoms with van der Waals surface area (Å²) < 4.78 is 15.6. The van der Waals surface area contributed by atoms with E-state index < -0.39 is 0 Å². The van der Waals surface area contributed by atoms with Crippen LogP contribution in [0.4, 0.5) is 4.39 Å². The van der Waals surface area contributed by atoms with Crippen molar-refractivity contribution in [2.75, 3.05) is 0 Å². The fraction of sp³-hybridized carbons (Fsp3) is 0.111. The lowest BCUT2D eigenvalue weighted by Crippen LogP contribution is -1.98. The molecule has 0 spiro atoms. The van der Waals surface area contributed by atoms with Crippen LogP contribution in [0, 0.1) is 5.82 Å². The quantitative estimate of drug-likeness (QED) is 0.903. The molecule has 6 heteroatoms. The molecule has 2 aromatic rings. The lowest BCUT2D eigenvalue weighted by Gasteiger charge is -2.01. The second-order valence-electron chi connectivity index (χ2n) is 2.95. The van der Waals surface area contributed by atoms with Crippen LogP contribution in [-0.2, 0) is 6.54 Å². The van der Waals surface area contributed by atoms with E-state index in [1.807, 2.05) is 0 Å². The van der Waals surface area contributed by atoms with Crippen LogP contribution in [-0.4, -0.2) is 15.0 Å². The fourth-order valence-corrected chi connectivity index (χ4v) is 1.52. The van der Waals surface area contributed by atoms with E-state index in [0.29, 0.717) is 11.4 Å². The Morgan fingerprint density at radius 2 is 2.27 bits per heavy atom. The number of hydrogen-bond acceptors (Lipinski definition) is 3. The Morgan fingerprint density at radius 1 is 1.47 bits per heavy atom. The van der Waals surface area contributed by atoms with E-state index in [4.69, 9.17) is 5.73 Å². The molecule has 0 fully saturated rings. The molecule has 0 aliphatic carbocycles. The van der Waals surface area contributed by atoms with Gasteiger partial charge >= 0.3 is 0 Å². The summed E-state index contributed by atoms with van der Waals surface area (Å²) in [5.74, 6) is -0.355. The van der Waals surface area contributed by atoms with Crippen molar-refractivity contribution in [3.63, 3.8) is 0 Å². The molecule has 78 valence electrons. The molecule has 0 saturated carbocycles. The van der Waals surface area contributed by atoms with Gasteiger partial charge in [-0.1, -0.05) is 21.1 Å². The number of nitrogens with two attached hydrogens (primary N) is 1. The van der Waals surface area contributed by atoms with Crippen molar-refractivity contribution < 1.29 is 4.39 Å². The minimum atomic E-state index is -0.355. The van der Waals surface area contributed by atoms with E-state index in [1.54, 1.807) is 18.3 Å². The highest BCUT2D eigenvalue weighted by Crippen LogP contribution is 2.18. The first kappa shape index (κ1) is 10.3. The van der Waals surface area contributed by atoms with Crippen molar-refractivity contribution in [2.45, 2.75) is 6.54 Å². The summed E-state index contributed by atoms with van der Waals surface area (Å²) >= 11 is 3.26. The largest absolute Gasteiger partial charge is 0.325 e. The van der Waals surface area contributed by atoms with E-state index in [-0.39, 0.29) is 12.4 Å². The summed E-state index contributed by atoms with van der Waals surface area (Å²) in [4.78, 5) is 0. The van der Waals surface area contributed by atoms with Gasteiger partial charge in [0.25, 0.3) is 0 Å². The highest BCUT2D eigenvalue weighted by atomic mass is 79.9. The smallest absolute Gasteiger partial charge is 0.148 e. The number of nitrogens with zero attached hydrogens (tertiary/aromatic N) is 3. The van der Waals surface area contributed by atoms with Crippen LogP contribution < -0.4 is 5.73 Å². The predicted molar refractivity (Wildman–Crippen MR) is 56.9 cm³/mol. The van der Waals surface area contributed by atoms with Crippen LogP contribution in [0.5, 0.6) is 0 Å². The summed E-state index contributed by atoms with van der Waals surface area (Å²) in [6.45, 7) is 0.287. The first-order chi connectivity index (χ1) is 7.20. The number of rotatable bonds is 2. The third-order valence-electron chi connectivity index (χ3n) is 1.90. The summed E-state index contributed by atoms with van der Waals surface area (Å²) in [5, 5.41) is 7.57. The van der Waals surface area contributed by atoms with E-state index >= 15 is 0 Å². The molecular formula is C9H8BrFN4. The fourth-order valence-electron chi connectivity index (χ4n) is 1.17. The Hall–Kier alpha value is -1.27. The van der Waals surface area contributed by atoms with Crippen molar-refractivity contribution in [3.05, 3.63) is 40.4 Å². The van der Waals surface area contributed by atoms with Crippen molar-refractivity contribution >= 4 is 15.9 Å². The molecule has 2 rings (SSSR count). The van der Waals surface area contributed by atoms with Gasteiger partial charge in [0.15, 0.2) is 0 Å². The van der Waals surface area contributed by atoms with Crippen LogP contribution in [0.2, 0.25) is 0 Å². The average Bonchev–Trinajstić information content (AvgIpc) is 2.70. The normalized spacial score (nSPS) is 10.6. The molecular weight excluding hydrogens is 263 g/mol. The Kier molecular flexibility index (Phi) is 2.79. The summed E-state index contributed by atoms with van der Waals surface area (Å²) in [7, 11) is 0. The van der Waals surface area contributed by atoms with Crippen LogP contribution in [0.3, 0.4) is 0 Å². The zero-order valence-corrected chi connectivity index (χ0v) is 9.28. The van der Waals surface area contributed by atoms with E-state index in [1.165, 1.54) is 10.7 Å². The standard InChI is InChI=1S/C9H8BrFN4/c10-6-1-2-8(11)9(3-6)15-5-7(4-12)13-14-15/h1-3,5H,4,12H2. The van der Waals surface area contributed by atoms with Gasteiger partial charge < -0.3 is 5.73 Å². The maximum atomic E-state index is 13.4. The minimum Gasteiger partial charge on any atom is -0.325 e. The lowest BCUT2D eigenvalue weighted by atomic mass is 10.3. The van der Waals surface area contributed by atoms with Crippen LogP contribution in [0.25, 0.3) is 5.69 Å². The molecule has 0 aliphatic rings. The Bertz CT molecular complexity index is 483. The van der Waals surface area contributed by atoms with Gasteiger partial charge in [-0.25, -0.2) is 9.07 Å². The monoisotopic (exact) mass is 270 g/mol. The Morgan fingerprint density at radius 3 is 2.93 bits per heavy atom. The highest BCUT2D eigenvalue weighted by Gasteiger charge is 2.07. The molecule has 1 aromatic carbocycles. The molecule has 0 bridgehead atoms. The van der Waals surface area contributed by atoms with Gasteiger partial charge in [-0.3, -0.25) is 0 Å². The van der Waals surface area contributed by atoms with Crippen molar-refractivity contribution in [3.8, 4) is 5.69 Å². The Balaban J connectivity index is 2.48. The second-order valence-corrected chi connectivity index (χ2v) is 3.87. The summed E-state index contributed by atoms with van der Waals surface area (Å²) in [6, 6.07) is 4.62. The number of benzene rings is 1. The number of hydrogen-bond donors (Lipinski definition) is 1. The topological polar surface area (TPSA) is 56.7 Å². The molecule has 15 heavy (non-hydrogen) atoms. The lowest BCUT2D eigenvalue weighted by molar-refractivity contribution is 0.606. The molecule has 0 amide bonds. The van der Waals surface area contributed by atoms with Gasteiger partial charge in [0, 0.05) is 11.0 Å². The zero-order chi connectivity index (χ0) is 10.8. The highest BCUT2D eigenvalue weighted by molar-refractivity contribution is 9.10. The summed E-state index contributed by atoms with van der Waals surface area (Å²) in [6.07, 6.45) is 1.60. The molecule has 2 N–H and O–H groups in total. The number of halogens is 2. The van der Waals surface area contributed by atoms with Crippen molar-refractivity contribution in [1.82, 2.24) is 15.0 Å². The first-order valence-electron chi connectivity index (χ1n) is 4.27. The Labute approximate surface area is 94.0 Å². The third kappa shape index (κ3) is 2.05. The summed E-state index contributed by atoms with van der Waals surface area (Å²) in [5.41, 5.74) is 6.35. The molecule has 1 heterocycles. The SMILES string of the molecule is NCc1cn(-c2cc(Br)ccc2F)nn1. The van der Waals surface area contributed by atoms with Crippen LogP contribution >= 0.6 is 15.9 Å². The van der Waals surface area contributed by atoms with Crippen LogP contribution in [0.15, 0.2) is 28.9 Å². The molecule has 0 saturated heterocycles. The predicted octanol–water partition coefficient (Wildman–Crippen LogP) is 1.63. The van der Waals surface area contributed by atoms with E-state index in [0.717, 1.165) is 4.47 Å². The molecule has 4 nitrogen and oxygen atoms in total. The first-order valence-corrected chi connectivity index (χ1v) is 5.06. The molecule has 1 aromatic heterocycles. The van der Waals surface area contributed by atoms with Gasteiger partial charge in [0.2, 0.25) is 0 Å². The van der Waals surface area contributed by atoms with Crippen LogP contribution in [0.1, 0.15) is 5.69 Å². The molecule has 0 unspecified atom stereocenters. The van der Waals surface area contributed by atoms with Gasteiger partial charge in [-0.2, -0.15) is 0 Å². The zero-order valence-electron chi connectivity index (χ0n) is 7.69. The van der Waals surface area contributed by atoms with E-state index in [2.05, 4.69) is 26.2 Å². The maximum Gasteiger partial charge on any atom is 0.148 e. The second kappa shape index (κ2) is 4.08. The molecule has 0 aliphatic heterocycles. The van der Waals surface area contributed by atoms with Gasteiger partial charge in [0.1, 0.15) is 11.5 Å². The van der Waals surface area contributed by atoms with Gasteiger partial charge in [0.05, 0.1) is 11.9 Å². The third-order valence-corrected chi connectivity index (χ3v) is 2.40. The number of aromatic nitrogens is 3. The molecule has 0 atom stereocenters. The average molecular weight is 271 g/mol. The van der Waals surface area contributed by atoms with Gasteiger partial charge in [-0.05, 0) is 18.2 Å². The molecule has 0 radical (unpaired) electrons. The van der Waals surface area contributed by atoms with E-state index in [9.17, 15) is 4.39 Å². The van der Waals surface area contributed by atoms with Gasteiger partial charge in [-0.15, -0.1) is 5.10 Å². The van der Waals surface area contributed by atoms with Crippen molar-refractivity contribution in [2.24, 2.45) is 5.73 Å². The maximum absolute atomic E-state index is 13.4. The minimum absolute atomic E-state index is 0.287. The van der Waals surface area contributed by atoms with Crippen molar-refractivity contribution in [1.29, 1.82) is 0 Å².